The van der Waals surface area contributed by atoms with Gasteiger partial charge in [0.2, 0.25) is 0 Å². The number of thioether (sulfide) groups is 1. The number of rotatable bonds is 7. The highest BCUT2D eigenvalue weighted by atomic mass is 32.2. The molecule has 21 heavy (non-hydrogen) atoms. The highest BCUT2D eigenvalue weighted by molar-refractivity contribution is 7.99. The van der Waals surface area contributed by atoms with Crippen molar-refractivity contribution in [3.8, 4) is 0 Å². The molecule has 0 aromatic heterocycles. The molecule has 3 heteroatoms. The Morgan fingerprint density at radius 1 is 1.14 bits per heavy atom. The molecule has 0 amide bonds. The summed E-state index contributed by atoms with van der Waals surface area (Å²) in [5.41, 5.74) is 2.61. The zero-order valence-electron chi connectivity index (χ0n) is 12.6. The zero-order valence-corrected chi connectivity index (χ0v) is 13.4. The third kappa shape index (κ3) is 5.18. The number of halogens is 1. The lowest BCUT2D eigenvalue weighted by Gasteiger charge is -2.18. The molecule has 0 spiro atoms. The van der Waals surface area contributed by atoms with Gasteiger partial charge in [0.15, 0.2) is 0 Å². The van der Waals surface area contributed by atoms with Crippen LogP contribution in [0.3, 0.4) is 0 Å². The summed E-state index contributed by atoms with van der Waals surface area (Å²) in [5, 5.41) is 3.50. The highest BCUT2D eigenvalue weighted by Crippen LogP contribution is 2.22. The minimum absolute atomic E-state index is 0.131. The first-order valence-corrected chi connectivity index (χ1v) is 8.34. The molecule has 1 nitrogen and oxygen atoms in total. The first kappa shape index (κ1) is 16.1. The molecule has 0 saturated heterocycles. The fourth-order valence-electron chi connectivity index (χ4n) is 2.35. The van der Waals surface area contributed by atoms with Crippen molar-refractivity contribution in [3.05, 3.63) is 65.5 Å². The van der Waals surface area contributed by atoms with E-state index in [1.54, 1.807) is 17.8 Å². The van der Waals surface area contributed by atoms with Crippen LogP contribution in [0.25, 0.3) is 0 Å². The summed E-state index contributed by atoms with van der Waals surface area (Å²) in [6, 6.07) is 15.9. The quantitative estimate of drug-likeness (QED) is 0.759. The van der Waals surface area contributed by atoms with E-state index in [2.05, 4.69) is 43.4 Å². The Bertz CT molecular complexity index is 571. The molecule has 0 bridgehead atoms. The van der Waals surface area contributed by atoms with Crippen molar-refractivity contribution in [2.45, 2.75) is 31.2 Å². The Hall–Kier alpha value is -1.32. The van der Waals surface area contributed by atoms with Crippen molar-refractivity contribution >= 4 is 11.8 Å². The van der Waals surface area contributed by atoms with Crippen LogP contribution < -0.4 is 5.32 Å². The monoisotopic (exact) mass is 303 g/mol. The maximum atomic E-state index is 13.7. The van der Waals surface area contributed by atoms with Crippen molar-refractivity contribution in [2.24, 2.45) is 0 Å². The van der Waals surface area contributed by atoms with E-state index in [4.69, 9.17) is 0 Å². The molecule has 0 fully saturated rings. The number of hydrogen-bond donors (Lipinski definition) is 1. The second-order valence-electron chi connectivity index (χ2n) is 5.19. The Morgan fingerprint density at radius 3 is 2.67 bits per heavy atom. The Labute approximate surface area is 131 Å². The number of aryl methyl sites for hydroxylation is 1. The van der Waals surface area contributed by atoms with Crippen molar-refractivity contribution in [2.75, 3.05) is 12.3 Å². The molecule has 112 valence electrons. The van der Waals surface area contributed by atoms with Gasteiger partial charge in [-0.1, -0.05) is 48.9 Å². The second kappa shape index (κ2) is 8.20. The highest BCUT2D eigenvalue weighted by Gasteiger charge is 2.11. The summed E-state index contributed by atoms with van der Waals surface area (Å²) in [6.07, 6.45) is 0.969. The third-order valence-corrected chi connectivity index (χ3v) is 4.55. The van der Waals surface area contributed by atoms with Gasteiger partial charge in [0.05, 0.1) is 0 Å². The Morgan fingerprint density at radius 2 is 1.95 bits per heavy atom. The van der Waals surface area contributed by atoms with E-state index >= 15 is 0 Å². The lowest BCUT2D eigenvalue weighted by molar-refractivity contribution is 0.570. The van der Waals surface area contributed by atoms with Crippen LogP contribution in [0.5, 0.6) is 0 Å². The van der Waals surface area contributed by atoms with Gasteiger partial charge < -0.3 is 5.32 Å². The third-order valence-electron chi connectivity index (χ3n) is 3.33. The van der Waals surface area contributed by atoms with Crippen LogP contribution >= 0.6 is 11.8 Å². The molecule has 1 N–H and O–H groups in total. The summed E-state index contributed by atoms with van der Waals surface area (Å²) in [6.45, 7) is 5.14. The zero-order chi connectivity index (χ0) is 15.1. The van der Waals surface area contributed by atoms with Gasteiger partial charge in [-0.3, -0.25) is 0 Å². The fourth-order valence-corrected chi connectivity index (χ4v) is 3.35. The summed E-state index contributed by atoms with van der Waals surface area (Å²) >= 11 is 1.58. The van der Waals surface area contributed by atoms with Gasteiger partial charge in [0.25, 0.3) is 0 Å². The van der Waals surface area contributed by atoms with Gasteiger partial charge in [-0.2, -0.15) is 0 Å². The smallest absolute Gasteiger partial charge is 0.136 e. The topological polar surface area (TPSA) is 12.0 Å². The van der Waals surface area contributed by atoms with Crippen LogP contribution in [0.2, 0.25) is 0 Å². The van der Waals surface area contributed by atoms with Crippen molar-refractivity contribution in [3.63, 3.8) is 0 Å². The van der Waals surface area contributed by atoms with Gasteiger partial charge in [-0.05, 0) is 37.6 Å². The van der Waals surface area contributed by atoms with E-state index < -0.39 is 0 Å². The molecule has 0 radical (unpaired) electrons. The normalized spacial score (nSPS) is 12.3. The van der Waals surface area contributed by atoms with E-state index in [1.165, 1.54) is 17.2 Å². The molecular weight excluding hydrogens is 281 g/mol. The lowest BCUT2D eigenvalue weighted by Crippen LogP contribution is -2.33. The van der Waals surface area contributed by atoms with Gasteiger partial charge >= 0.3 is 0 Å². The lowest BCUT2D eigenvalue weighted by atomic mass is 10.0. The van der Waals surface area contributed by atoms with Crippen LogP contribution in [0.1, 0.15) is 18.1 Å². The van der Waals surface area contributed by atoms with Gasteiger partial charge in [0, 0.05) is 16.7 Å². The minimum Gasteiger partial charge on any atom is -0.313 e. The van der Waals surface area contributed by atoms with Crippen molar-refractivity contribution in [1.29, 1.82) is 0 Å². The van der Waals surface area contributed by atoms with Crippen molar-refractivity contribution in [1.82, 2.24) is 5.32 Å². The van der Waals surface area contributed by atoms with Crippen LogP contribution in [0, 0.1) is 12.7 Å². The average molecular weight is 303 g/mol. The van der Waals surface area contributed by atoms with Gasteiger partial charge in [-0.25, -0.2) is 4.39 Å². The molecule has 2 aromatic rings. The molecule has 0 saturated carbocycles. The van der Waals surface area contributed by atoms with E-state index in [0.717, 1.165) is 23.6 Å². The molecule has 0 aliphatic carbocycles. The summed E-state index contributed by atoms with van der Waals surface area (Å²) < 4.78 is 13.7. The van der Waals surface area contributed by atoms with Crippen LogP contribution in [-0.2, 0) is 6.42 Å². The maximum Gasteiger partial charge on any atom is 0.136 e. The molecule has 0 aliphatic rings. The predicted octanol–water partition coefficient (Wildman–Crippen LogP) is 4.45. The first-order chi connectivity index (χ1) is 10.2. The van der Waals surface area contributed by atoms with E-state index in [-0.39, 0.29) is 5.82 Å². The Balaban J connectivity index is 1.97. The molecule has 1 atom stereocenters. The molecule has 2 aromatic carbocycles. The first-order valence-electron chi connectivity index (χ1n) is 7.35. The maximum absolute atomic E-state index is 13.7. The summed E-state index contributed by atoms with van der Waals surface area (Å²) in [7, 11) is 0. The fraction of sp³-hybridized carbons (Fsp3) is 0.333. The molecule has 0 heterocycles. The largest absolute Gasteiger partial charge is 0.313 e. The van der Waals surface area contributed by atoms with Crippen LogP contribution in [0.4, 0.5) is 4.39 Å². The van der Waals surface area contributed by atoms with Crippen molar-refractivity contribution < 1.29 is 4.39 Å². The minimum atomic E-state index is -0.131. The number of benzene rings is 2. The second-order valence-corrected chi connectivity index (χ2v) is 6.25. The van der Waals surface area contributed by atoms with E-state index in [9.17, 15) is 4.39 Å². The number of hydrogen-bond acceptors (Lipinski definition) is 2. The van der Waals surface area contributed by atoms with Gasteiger partial charge in [0.1, 0.15) is 5.82 Å². The summed E-state index contributed by atoms with van der Waals surface area (Å²) in [4.78, 5) is 0.727. The molecule has 1 unspecified atom stereocenters. The average Bonchev–Trinajstić information content (AvgIpc) is 2.46. The predicted molar refractivity (Wildman–Crippen MR) is 89.5 cm³/mol. The van der Waals surface area contributed by atoms with E-state index in [1.807, 2.05) is 12.1 Å². The SMILES string of the molecule is CCNC(CSc1ccccc1F)Cc1cccc(C)c1. The number of nitrogens with one attached hydrogen (secondary N) is 1. The van der Waals surface area contributed by atoms with Crippen LogP contribution in [0.15, 0.2) is 53.4 Å². The molecule has 0 aliphatic heterocycles. The molecular formula is C18H22FNS. The standard InChI is InChI=1S/C18H22FNS/c1-3-20-16(12-15-8-6-7-14(2)11-15)13-21-18-10-5-4-9-17(18)19/h4-11,16,20H,3,12-13H2,1-2H3. The summed E-state index contributed by atoms with van der Waals surface area (Å²) in [5.74, 6) is 0.733. The molecule has 2 rings (SSSR count). The van der Waals surface area contributed by atoms with Gasteiger partial charge in [-0.15, -0.1) is 11.8 Å². The van der Waals surface area contributed by atoms with Crippen LogP contribution in [-0.4, -0.2) is 18.3 Å². The van der Waals surface area contributed by atoms with E-state index in [0.29, 0.717) is 6.04 Å². The number of likely N-dealkylation sites (N-methyl/N-ethyl adjacent to an activating group) is 1. The Kier molecular flexibility index (Phi) is 6.27.